The number of carboxylic acids is 1. The van der Waals surface area contributed by atoms with Gasteiger partial charge in [0.25, 0.3) is 0 Å². The van der Waals surface area contributed by atoms with Gasteiger partial charge < -0.3 is 10.8 Å². The zero-order valence-corrected chi connectivity index (χ0v) is 12.2. The van der Waals surface area contributed by atoms with Gasteiger partial charge >= 0.3 is 5.97 Å². The molecule has 0 radical (unpaired) electrons. The molecule has 1 heterocycles. The van der Waals surface area contributed by atoms with E-state index in [1.165, 1.54) is 11.3 Å². The van der Waals surface area contributed by atoms with E-state index < -0.39 is 5.97 Å². The van der Waals surface area contributed by atoms with Crippen molar-refractivity contribution < 1.29 is 9.90 Å². The Morgan fingerprint density at radius 3 is 2.53 bits per heavy atom. The van der Waals surface area contributed by atoms with Crippen molar-refractivity contribution >= 4 is 34.6 Å². The highest BCUT2D eigenvalue weighted by Crippen LogP contribution is 2.44. The Bertz CT molecular complexity index is 634. The van der Waals surface area contributed by atoms with E-state index in [0.29, 0.717) is 10.7 Å². The van der Waals surface area contributed by atoms with Crippen LogP contribution in [0.2, 0.25) is 5.02 Å². The summed E-state index contributed by atoms with van der Waals surface area (Å²) < 4.78 is 0. The second-order valence-electron chi connectivity index (χ2n) is 4.53. The highest BCUT2D eigenvalue weighted by molar-refractivity contribution is 7.18. The lowest BCUT2D eigenvalue weighted by Crippen LogP contribution is -2.00. The van der Waals surface area contributed by atoms with Crippen molar-refractivity contribution in [3.63, 3.8) is 0 Å². The lowest BCUT2D eigenvalue weighted by atomic mass is 9.98. The summed E-state index contributed by atoms with van der Waals surface area (Å²) >= 11 is 7.38. The van der Waals surface area contributed by atoms with Crippen LogP contribution in [0.15, 0.2) is 24.3 Å². The normalized spacial score (nSPS) is 10.9. The number of carbonyl (C=O) groups is 1. The van der Waals surface area contributed by atoms with E-state index >= 15 is 0 Å². The Balaban J connectivity index is 2.73. The summed E-state index contributed by atoms with van der Waals surface area (Å²) in [5.41, 5.74) is 8.02. The molecule has 0 saturated heterocycles. The van der Waals surface area contributed by atoms with Gasteiger partial charge in [0.1, 0.15) is 4.88 Å². The molecule has 3 N–H and O–H groups in total. The van der Waals surface area contributed by atoms with Gasteiger partial charge in [-0.2, -0.15) is 0 Å². The van der Waals surface area contributed by atoms with Crippen molar-refractivity contribution in [1.82, 2.24) is 0 Å². The van der Waals surface area contributed by atoms with E-state index in [-0.39, 0.29) is 10.8 Å². The van der Waals surface area contributed by atoms with Crippen LogP contribution < -0.4 is 5.73 Å². The highest BCUT2D eigenvalue weighted by atomic mass is 35.5. The number of anilines is 1. The number of hydrogen-bond acceptors (Lipinski definition) is 3. The Morgan fingerprint density at radius 1 is 1.37 bits per heavy atom. The van der Waals surface area contributed by atoms with Gasteiger partial charge in [-0.1, -0.05) is 43.6 Å². The van der Waals surface area contributed by atoms with E-state index in [0.717, 1.165) is 16.0 Å². The molecule has 19 heavy (non-hydrogen) atoms. The third-order valence-corrected chi connectivity index (χ3v) is 4.45. The molecule has 0 bridgehead atoms. The van der Waals surface area contributed by atoms with E-state index in [2.05, 4.69) is 0 Å². The molecule has 0 aliphatic rings. The maximum Gasteiger partial charge on any atom is 0.348 e. The number of hydrogen-bond donors (Lipinski definition) is 2. The summed E-state index contributed by atoms with van der Waals surface area (Å²) in [6, 6.07) is 7.39. The lowest BCUT2D eigenvalue weighted by molar-refractivity contribution is 0.0703. The smallest absolute Gasteiger partial charge is 0.348 e. The predicted octanol–water partition coefficient (Wildman–Crippen LogP) is 4.47. The van der Waals surface area contributed by atoms with Gasteiger partial charge in [-0.25, -0.2) is 4.79 Å². The molecule has 0 unspecified atom stereocenters. The zero-order chi connectivity index (χ0) is 14.2. The summed E-state index contributed by atoms with van der Waals surface area (Å²) in [6.07, 6.45) is 0. The van der Waals surface area contributed by atoms with Crippen molar-refractivity contribution in [3.8, 4) is 10.4 Å². The molecule has 1 aromatic heterocycles. The van der Waals surface area contributed by atoms with E-state index in [1.807, 2.05) is 32.0 Å². The van der Waals surface area contributed by atoms with E-state index in [4.69, 9.17) is 17.3 Å². The number of rotatable bonds is 3. The molecule has 1 aromatic carbocycles. The van der Waals surface area contributed by atoms with Crippen LogP contribution in [0.1, 0.15) is 35.0 Å². The van der Waals surface area contributed by atoms with Crippen LogP contribution in [0.25, 0.3) is 10.4 Å². The van der Waals surface area contributed by atoms with Crippen LogP contribution in [-0.2, 0) is 0 Å². The molecule has 0 amide bonds. The number of aromatic carboxylic acids is 1. The van der Waals surface area contributed by atoms with Gasteiger partial charge in [-0.05, 0) is 17.5 Å². The van der Waals surface area contributed by atoms with Crippen molar-refractivity contribution in [3.05, 3.63) is 39.7 Å². The molecule has 0 saturated carbocycles. The van der Waals surface area contributed by atoms with Crippen molar-refractivity contribution in [2.24, 2.45) is 0 Å². The number of thiophene rings is 1. The standard InChI is InChI=1S/C14H14ClNO2S/c1-7(2)10-11(16)13(14(17)18)19-12(10)8-5-3-4-6-9(8)15/h3-7H,16H2,1-2H3,(H,17,18). The van der Waals surface area contributed by atoms with Gasteiger partial charge in [-0.3, -0.25) is 0 Å². The number of benzene rings is 1. The van der Waals surface area contributed by atoms with E-state index in [9.17, 15) is 9.90 Å². The zero-order valence-electron chi connectivity index (χ0n) is 10.6. The molecule has 0 spiro atoms. The number of carboxylic acid groups (broad SMARTS) is 1. The quantitative estimate of drug-likeness (QED) is 0.878. The maximum atomic E-state index is 11.2. The summed E-state index contributed by atoms with van der Waals surface area (Å²) in [7, 11) is 0. The Kier molecular flexibility index (Phi) is 3.83. The molecule has 0 aliphatic carbocycles. The first-order chi connectivity index (χ1) is 8.93. The summed E-state index contributed by atoms with van der Waals surface area (Å²) in [5, 5.41) is 9.80. The molecule has 0 atom stereocenters. The average Bonchev–Trinajstić information content (AvgIpc) is 2.67. The topological polar surface area (TPSA) is 63.3 Å². The van der Waals surface area contributed by atoms with Gasteiger partial charge in [0.15, 0.2) is 0 Å². The summed E-state index contributed by atoms with van der Waals surface area (Å²) in [4.78, 5) is 12.2. The van der Waals surface area contributed by atoms with Crippen molar-refractivity contribution in [2.45, 2.75) is 19.8 Å². The molecule has 2 rings (SSSR count). The van der Waals surface area contributed by atoms with Crippen LogP contribution in [0.3, 0.4) is 0 Å². The minimum atomic E-state index is -0.997. The molecule has 100 valence electrons. The van der Waals surface area contributed by atoms with Crippen molar-refractivity contribution in [1.29, 1.82) is 0 Å². The summed E-state index contributed by atoms with van der Waals surface area (Å²) in [6.45, 7) is 3.98. The fraction of sp³-hybridized carbons (Fsp3) is 0.214. The molecular weight excluding hydrogens is 282 g/mol. The van der Waals surface area contributed by atoms with Crippen LogP contribution in [0.4, 0.5) is 5.69 Å². The van der Waals surface area contributed by atoms with Crippen LogP contribution in [0.5, 0.6) is 0 Å². The van der Waals surface area contributed by atoms with Crippen LogP contribution in [0, 0.1) is 0 Å². The molecule has 0 fully saturated rings. The lowest BCUT2D eigenvalue weighted by Gasteiger charge is -2.10. The van der Waals surface area contributed by atoms with Gasteiger partial charge in [0.2, 0.25) is 0 Å². The van der Waals surface area contributed by atoms with Crippen LogP contribution in [-0.4, -0.2) is 11.1 Å². The second-order valence-corrected chi connectivity index (χ2v) is 5.96. The Hall–Kier alpha value is -1.52. The fourth-order valence-electron chi connectivity index (χ4n) is 2.03. The van der Waals surface area contributed by atoms with Gasteiger partial charge in [0, 0.05) is 15.5 Å². The van der Waals surface area contributed by atoms with Crippen molar-refractivity contribution in [2.75, 3.05) is 5.73 Å². The van der Waals surface area contributed by atoms with Gasteiger partial charge in [-0.15, -0.1) is 11.3 Å². The third-order valence-electron chi connectivity index (χ3n) is 2.87. The number of nitrogens with two attached hydrogens (primary N) is 1. The van der Waals surface area contributed by atoms with E-state index in [1.54, 1.807) is 6.07 Å². The highest BCUT2D eigenvalue weighted by Gasteiger charge is 2.24. The molecule has 2 aromatic rings. The first-order valence-electron chi connectivity index (χ1n) is 5.83. The number of halogens is 1. The largest absolute Gasteiger partial charge is 0.477 e. The number of nitrogen functional groups attached to an aromatic ring is 1. The molecule has 0 aliphatic heterocycles. The molecule has 5 heteroatoms. The minimum Gasteiger partial charge on any atom is -0.477 e. The van der Waals surface area contributed by atoms with Crippen LogP contribution >= 0.6 is 22.9 Å². The molecule has 3 nitrogen and oxygen atoms in total. The third kappa shape index (κ3) is 2.46. The maximum absolute atomic E-state index is 11.2. The fourth-order valence-corrected chi connectivity index (χ4v) is 3.58. The monoisotopic (exact) mass is 295 g/mol. The Labute approximate surface area is 120 Å². The summed E-state index contributed by atoms with van der Waals surface area (Å²) in [5.74, 6) is -0.863. The first kappa shape index (κ1) is 13.9. The predicted molar refractivity (Wildman–Crippen MR) is 80.2 cm³/mol. The average molecular weight is 296 g/mol. The molecular formula is C14H14ClNO2S. The second kappa shape index (κ2) is 5.23. The minimum absolute atomic E-state index is 0.135. The SMILES string of the molecule is CC(C)c1c(-c2ccccc2Cl)sc(C(=O)O)c1N. The Morgan fingerprint density at radius 2 is 2.00 bits per heavy atom. The van der Waals surface area contributed by atoms with Gasteiger partial charge in [0.05, 0.1) is 5.69 Å². The first-order valence-corrected chi connectivity index (χ1v) is 7.03.